The van der Waals surface area contributed by atoms with Crippen LogP contribution in [0.2, 0.25) is 0 Å². The molecule has 2 aromatic rings. The molecule has 3 heterocycles. The van der Waals surface area contributed by atoms with Crippen LogP contribution in [-0.4, -0.2) is 59.9 Å². The van der Waals surface area contributed by atoms with Gasteiger partial charge in [0.15, 0.2) is 5.54 Å². The van der Waals surface area contributed by atoms with Crippen LogP contribution in [0.1, 0.15) is 18.2 Å². The third-order valence-corrected chi connectivity index (χ3v) is 5.32. The normalized spacial score (nSPS) is 23.6. The van der Waals surface area contributed by atoms with E-state index < -0.39 is 5.54 Å². The molecule has 1 unspecified atom stereocenters. The Morgan fingerprint density at radius 2 is 2.08 bits per heavy atom. The van der Waals surface area contributed by atoms with Crippen molar-refractivity contribution in [2.24, 2.45) is 0 Å². The summed E-state index contributed by atoms with van der Waals surface area (Å²) in [5.74, 6) is -0.0378. The number of methoxy groups -OCH3 is 1. The Balaban J connectivity index is 1.85. The van der Waals surface area contributed by atoms with Gasteiger partial charge >= 0.3 is 0 Å². The van der Waals surface area contributed by atoms with Gasteiger partial charge in [0.1, 0.15) is 0 Å². The van der Waals surface area contributed by atoms with Gasteiger partial charge in [-0.1, -0.05) is 18.2 Å². The summed E-state index contributed by atoms with van der Waals surface area (Å²) in [4.78, 5) is 32.6. The molecule has 1 saturated heterocycles. The molecule has 4 rings (SSSR count). The van der Waals surface area contributed by atoms with Crippen molar-refractivity contribution in [3.8, 4) is 0 Å². The minimum absolute atomic E-state index is 0.00231. The van der Waals surface area contributed by atoms with Gasteiger partial charge in [-0.05, 0) is 25.0 Å². The van der Waals surface area contributed by atoms with Crippen LogP contribution in [0.4, 0.5) is 0 Å². The monoisotopic (exact) mass is 327 g/mol. The van der Waals surface area contributed by atoms with E-state index in [0.717, 1.165) is 28.6 Å². The van der Waals surface area contributed by atoms with Crippen molar-refractivity contribution in [3.05, 3.63) is 35.5 Å². The number of hydrogen-bond donors (Lipinski definition) is 1. The van der Waals surface area contributed by atoms with Crippen molar-refractivity contribution in [1.82, 2.24) is 14.8 Å². The van der Waals surface area contributed by atoms with Crippen LogP contribution in [0.3, 0.4) is 0 Å². The predicted octanol–water partition coefficient (Wildman–Crippen LogP) is 1.26. The molecule has 1 aromatic carbocycles. The number of para-hydroxylation sites is 1. The number of aromatic amines is 1. The predicted molar refractivity (Wildman–Crippen MR) is 89.5 cm³/mol. The van der Waals surface area contributed by atoms with Gasteiger partial charge in [0.2, 0.25) is 5.91 Å². The summed E-state index contributed by atoms with van der Waals surface area (Å²) < 4.78 is 5.09. The maximum Gasteiger partial charge on any atom is 0.255 e. The lowest BCUT2D eigenvalue weighted by atomic mass is 9.83. The summed E-state index contributed by atoms with van der Waals surface area (Å²) in [7, 11) is 1.60. The average molecular weight is 327 g/mol. The van der Waals surface area contributed by atoms with E-state index in [1.165, 1.54) is 0 Å². The number of hydrogen-bond acceptors (Lipinski definition) is 3. The smallest absolute Gasteiger partial charge is 0.255 e. The van der Waals surface area contributed by atoms with E-state index in [-0.39, 0.29) is 18.4 Å². The number of aromatic nitrogens is 1. The number of nitrogens with one attached hydrogen (secondary N) is 1. The maximum atomic E-state index is 13.2. The lowest BCUT2D eigenvalue weighted by Crippen LogP contribution is -2.67. The molecule has 24 heavy (non-hydrogen) atoms. The second-order valence-electron chi connectivity index (χ2n) is 6.61. The summed E-state index contributed by atoms with van der Waals surface area (Å²) in [6.07, 6.45) is 0.770. The minimum Gasteiger partial charge on any atom is -0.383 e. The molecule has 1 aromatic heterocycles. The number of piperazine rings is 1. The molecule has 2 aliphatic rings. The van der Waals surface area contributed by atoms with Crippen LogP contribution < -0.4 is 0 Å². The van der Waals surface area contributed by atoms with Gasteiger partial charge in [-0.3, -0.25) is 9.59 Å². The van der Waals surface area contributed by atoms with Crippen LogP contribution in [0, 0.1) is 0 Å². The number of carbonyl (C=O) groups excluding carboxylic acids is 2. The number of nitrogens with zero attached hydrogens (tertiary/aromatic N) is 2. The van der Waals surface area contributed by atoms with Crippen LogP contribution >= 0.6 is 0 Å². The van der Waals surface area contributed by atoms with Crippen molar-refractivity contribution in [3.63, 3.8) is 0 Å². The van der Waals surface area contributed by atoms with E-state index in [0.29, 0.717) is 19.7 Å². The van der Waals surface area contributed by atoms with Crippen LogP contribution in [0.5, 0.6) is 0 Å². The topological polar surface area (TPSA) is 65.6 Å². The molecule has 0 spiro atoms. The number of fused-ring (bicyclic) bond motifs is 5. The first-order chi connectivity index (χ1) is 11.6. The van der Waals surface area contributed by atoms with Gasteiger partial charge in [-0.15, -0.1) is 0 Å². The van der Waals surface area contributed by atoms with E-state index in [1.807, 2.05) is 25.1 Å². The molecular formula is C18H21N3O3. The minimum atomic E-state index is -0.963. The summed E-state index contributed by atoms with van der Waals surface area (Å²) in [5.41, 5.74) is 2.06. The standard InChI is InChI=1S/C18H21N3O3/c1-18-16-13(12-5-3-4-6-14(12)19-16)7-8-21(18)15(22)11-20(17(18)23)9-10-24-2/h3-6,19H,7-11H2,1-2H3. The highest BCUT2D eigenvalue weighted by Gasteiger charge is 2.53. The van der Waals surface area contributed by atoms with Crippen molar-refractivity contribution >= 4 is 22.7 Å². The molecule has 126 valence electrons. The first-order valence-electron chi connectivity index (χ1n) is 8.26. The van der Waals surface area contributed by atoms with Crippen LogP contribution in [-0.2, 0) is 26.3 Å². The highest BCUT2D eigenvalue weighted by atomic mass is 16.5. The first kappa shape index (κ1) is 15.2. The summed E-state index contributed by atoms with van der Waals surface area (Å²) in [6, 6.07) is 8.06. The van der Waals surface area contributed by atoms with Crippen LogP contribution in [0.25, 0.3) is 10.9 Å². The highest BCUT2D eigenvalue weighted by Crippen LogP contribution is 2.41. The van der Waals surface area contributed by atoms with Crippen LogP contribution in [0.15, 0.2) is 24.3 Å². The van der Waals surface area contributed by atoms with E-state index in [1.54, 1.807) is 16.9 Å². The molecule has 0 bridgehead atoms. The number of benzene rings is 1. The fourth-order valence-electron chi connectivity index (χ4n) is 4.06. The zero-order chi connectivity index (χ0) is 16.9. The molecule has 0 saturated carbocycles. The average Bonchev–Trinajstić information content (AvgIpc) is 2.97. The fraction of sp³-hybridized carbons (Fsp3) is 0.444. The zero-order valence-corrected chi connectivity index (χ0v) is 14.0. The Kier molecular flexibility index (Phi) is 3.38. The zero-order valence-electron chi connectivity index (χ0n) is 14.0. The summed E-state index contributed by atoms with van der Waals surface area (Å²) in [6.45, 7) is 3.43. The van der Waals surface area contributed by atoms with Gasteiger partial charge in [0.25, 0.3) is 5.91 Å². The molecule has 1 atom stereocenters. The Labute approximate surface area is 140 Å². The SMILES string of the molecule is COCCN1CC(=O)N2CCc3c([nH]c4ccccc34)C2(C)C1=O. The quantitative estimate of drug-likeness (QED) is 0.923. The fourth-order valence-corrected chi connectivity index (χ4v) is 4.06. The number of H-pyrrole nitrogens is 1. The maximum absolute atomic E-state index is 13.2. The Morgan fingerprint density at radius 3 is 2.88 bits per heavy atom. The van der Waals surface area contributed by atoms with Gasteiger partial charge in [0.05, 0.1) is 18.8 Å². The third-order valence-electron chi connectivity index (χ3n) is 5.32. The molecule has 2 aliphatic heterocycles. The van der Waals surface area contributed by atoms with Gasteiger partial charge < -0.3 is 19.5 Å². The van der Waals surface area contributed by atoms with E-state index in [9.17, 15) is 9.59 Å². The number of ether oxygens (including phenoxy) is 1. The Morgan fingerprint density at radius 1 is 1.29 bits per heavy atom. The Bertz CT molecular complexity index is 828. The molecule has 2 amide bonds. The lowest BCUT2D eigenvalue weighted by Gasteiger charge is -2.49. The summed E-state index contributed by atoms with van der Waals surface area (Å²) in [5, 5.41) is 1.14. The van der Waals surface area contributed by atoms with Gasteiger partial charge in [-0.2, -0.15) is 0 Å². The van der Waals surface area contributed by atoms with E-state index in [4.69, 9.17) is 4.74 Å². The third kappa shape index (κ3) is 1.92. The van der Waals surface area contributed by atoms with E-state index >= 15 is 0 Å². The Hall–Kier alpha value is -2.34. The highest BCUT2D eigenvalue weighted by molar-refractivity contribution is 6.00. The number of carbonyl (C=O) groups is 2. The van der Waals surface area contributed by atoms with Gasteiger partial charge in [-0.25, -0.2) is 0 Å². The molecule has 6 nitrogen and oxygen atoms in total. The number of amides is 2. The first-order valence-corrected chi connectivity index (χ1v) is 8.26. The molecule has 1 fully saturated rings. The molecule has 1 N–H and O–H groups in total. The van der Waals surface area contributed by atoms with Crippen molar-refractivity contribution in [1.29, 1.82) is 0 Å². The second-order valence-corrected chi connectivity index (χ2v) is 6.61. The van der Waals surface area contributed by atoms with Crippen molar-refractivity contribution in [2.45, 2.75) is 18.9 Å². The largest absolute Gasteiger partial charge is 0.383 e. The van der Waals surface area contributed by atoms with Crippen molar-refractivity contribution in [2.75, 3.05) is 33.4 Å². The van der Waals surface area contributed by atoms with Gasteiger partial charge in [0, 0.05) is 31.1 Å². The summed E-state index contributed by atoms with van der Waals surface area (Å²) >= 11 is 0. The molecule has 0 aliphatic carbocycles. The molecular weight excluding hydrogens is 306 g/mol. The molecule has 0 radical (unpaired) electrons. The van der Waals surface area contributed by atoms with E-state index in [2.05, 4.69) is 11.1 Å². The number of rotatable bonds is 3. The lowest BCUT2D eigenvalue weighted by molar-refractivity contribution is -0.166. The molecule has 6 heteroatoms. The second kappa shape index (κ2) is 5.34. The van der Waals surface area contributed by atoms with Crippen molar-refractivity contribution < 1.29 is 14.3 Å².